The molecule has 0 N–H and O–H groups in total. The molecule has 0 nitrogen and oxygen atoms in total. The van der Waals surface area contributed by atoms with Crippen molar-refractivity contribution in [2.45, 2.75) is 89.9 Å². The molecule has 0 atom stereocenters. The molecule has 0 saturated carbocycles. The monoisotopic (exact) mass is 236 g/mol. The predicted octanol–water partition coefficient (Wildman–Crippen LogP) is 6.27. The Morgan fingerprint density at radius 1 is 0.588 bits per heavy atom. The van der Waals surface area contributed by atoms with Crippen LogP contribution in [0.2, 0.25) is 0 Å². The molecule has 0 fully saturated rings. The van der Waals surface area contributed by atoms with Crippen molar-refractivity contribution >= 4 is 0 Å². The number of hydrogen-bond donors (Lipinski definition) is 0. The zero-order valence-electron chi connectivity index (χ0n) is 11.8. The predicted molar refractivity (Wildman–Crippen MR) is 78.9 cm³/mol. The van der Waals surface area contributed by atoms with E-state index in [1.807, 2.05) is 0 Å². The van der Waals surface area contributed by atoms with Gasteiger partial charge in [-0.1, -0.05) is 96.6 Å². The fourth-order valence-corrected chi connectivity index (χ4v) is 2.21. The van der Waals surface area contributed by atoms with Gasteiger partial charge >= 0.3 is 0 Å². The van der Waals surface area contributed by atoms with Crippen molar-refractivity contribution in [3.8, 4) is 0 Å². The van der Waals surface area contributed by atoms with E-state index in [1.165, 1.54) is 77.0 Å². The first-order chi connectivity index (χ1) is 8.41. The van der Waals surface area contributed by atoms with Gasteiger partial charge in [-0.05, 0) is 12.8 Å². The minimum atomic E-state index is 1.09. The maximum Gasteiger partial charge on any atom is -0.0348 e. The van der Waals surface area contributed by atoms with Crippen LogP contribution < -0.4 is 0 Å². The summed E-state index contributed by atoms with van der Waals surface area (Å²) in [5.74, 6) is 0. The number of hydrogen-bond acceptors (Lipinski definition) is 0. The Hall–Kier alpha value is -0.260. The summed E-state index contributed by atoms with van der Waals surface area (Å²) in [7, 11) is 0. The molecule has 0 spiro atoms. The molecule has 17 heavy (non-hydrogen) atoms. The molecule has 0 aliphatic carbocycles. The van der Waals surface area contributed by atoms with Crippen LogP contribution in [0.3, 0.4) is 0 Å². The van der Waals surface area contributed by atoms with E-state index in [2.05, 4.69) is 6.92 Å². The first-order valence-electron chi connectivity index (χ1n) is 7.74. The average Bonchev–Trinajstić information content (AvgIpc) is 2.35. The van der Waals surface area contributed by atoms with E-state index in [1.54, 1.807) is 6.08 Å². The van der Waals surface area contributed by atoms with Crippen molar-refractivity contribution in [1.82, 2.24) is 0 Å². The summed E-state index contributed by atoms with van der Waals surface area (Å²) in [6, 6.07) is 0. The molecule has 0 bridgehead atoms. The standard InChI is InChI=1S/C17H32/c1-3-5-7-9-11-13-15-17-16-14-12-10-8-6-4-2/h1,3H,2,4-17H2. The van der Waals surface area contributed by atoms with Crippen LogP contribution in [0.25, 0.3) is 0 Å². The molecular formula is C17H32. The molecule has 0 heterocycles. The highest BCUT2D eigenvalue weighted by atomic mass is 14.0. The molecule has 0 aromatic rings. The van der Waals surface area contributed by atoms with Crippen molar-refractivity contribution < 1.29 is 0 Å². The van der Waals surface area contributed by atoms with E-state index >= 15 is 0 Å². The Kier molecular flexibility index (Phi) is 15.5. The van der Waals surface area contributed by atoms with E-state index in [9.17, 15) is 0 Å². The molecule has 0 aromatic carbocycles. The summed E-state index contributed by atoms with van der Waals surface area (Å²) >= 11 is 0. The van der Waals surface area contributed by atoms with Crippen LogP contribution in [-0.2, 0) is 0 Å². The van der Waals surface area contributed by atoms with Gasteiger partial charge < -0.3 is 0 Å². The van der Waals surface area contributed by atoms with Gasteiger partial charge in [0.1, 0.15) is 0 Å². The minimum Gasteiger partial charge on any atom is -0.0845 e. The molecule has 0 aliphatic heterocycles. The molecule has 0 unspecified atom stereocenters. The van der Waals surface area contributed by atoms with Crippen molar-refractivity contribution in [2.24, 2.45) is 0 Å². The van der Waals surface area contributed by atoms with Crippen LogP contribution >= 0.6 is 0 Å². The molecule has 0 saturated heterocycles. The molecule has 0 aromatic heterocycles. The molecular weight excluding hydrogens is 204 g/mol. The Morgan fingerprint density at radius 2 is 0.941 bits per heavy atom. The fourth-order valence-electron chi connectivity index (χ4n) is 2.21. The summed E-state index contributed by atoms with van der Waals surface area (Å²) in [6.07, 6.45) is 20.8. The van der Waals surface area contributed by atoms with Crippen molar-refractivity contribution in [3.63, 3.8) is 0 Å². The first-order valence-corrected chi connectivity index (χ1v) is 7.74. The quantitative estimate of drug-likeness (QED) is 0.312. The van der Waals surface area contributed by atoms with Crippen LogP contribution in [-0.4, -0.2) is 0 Å². The third kappa shape index (κ3) is 15.7. The van der Waals surface area contributed by atoms with E-state index < -0.39 is 0 Å². The largest absolute Gasteiger partial charge is 0.0845 e. The third-order valence-corrected chi connectivity index (χ3v) is 3.37. The lowest BCUT2D eigenvalue weighted by molar-refractivity contribution is 0.542. The second-order valence-electron chi connectivity index (χ2n) is 5.12. The molecule has 0 rings (SSSR count). The minimum absolute atomic E-state index is 1.09. The second-order valence-corrected chi connectivity index (χ2v) is 5.12. The summed E-state index contributed by atoms with van der Waals surface area (Å²) in [5, 5.41) is 0. The van der Waals surface area contributed by atoms with Crippen LogP contribution in [0, 0.1) is 13.5 Å². The smallest absolute Gasteiger partial charge is 0.0348 e. The van der Waals surface area contributed by atoms with Gasteiger partial charge in [-0.15, -0.1) is 0 Å². The lowest BCUT2D eigenvalue weighted by Gasteiger charge is -2.02. The van der Waals surface area contributed by atoms with Gasteiger partial charge in [-0.25, -0.2) is 0 Å². The maximum absolute atomic E-state index is 5.34. The summed E-state index contributed by atoms with van der Waals surface area (Å²) < 4.78 is 0. The van der Waals surface area contributed by atoms with Crippen molar-refractivity contribution in [3.05, 3.63) is 19.6 Å². The topological polar surface area (TPSA) is 0 Å². The number of rotatable bonds is 14. The Labute approximate surface area is 110 Å². The highest BCUT2D eigenvalue weighted by Gasteiger charge is 1.93. The van der Waals surface area contributed by atoms with E-state index in [4.69, 9.17) is 6.58 Å². The highest BCUT2D eigenvalue weighted by molar-refractivity contribution is 4.61. The van der Waals surface area contributed by atoms with Gasteiger partial charge in [0, 0.05) is 0 Å². The SMILES string of the molecule is [CH]=CCCCCCCCCCCCCCC[CH2]. The van der Waals surface area contributed by atoms with Gasteiger partial charge in [0.05, 0.1) is 0 Å². The van der Waals surface area contributed by atoms with E-state index in [0.717, 1.165) is 12.8 Å². The van der Waals surface area contributed by atoms with Crippen LogP contribution in [0.15, 0.2) is 6.08 Å². The summed E-state index contributed by atoms with van der Waals surface area (Å²) in [4.78, 5) is 0. The van der Waals surface area contributed by atoms with E-state index in [-0.39, 0.29) is 0 Å². The van der Waals surface area contributed by atoms with E-state index in [0.29, 0.717) is 0 Å². The van der Waals surface area contributed by atoms with Crippen molar-refractivity contribution in [2.75, 3.05) is 0 Å². The van der Waals surface area contributed by atoms with Crippen LogP contribution in [0.1, 0.15) is 89.9 Å². The zero-order chi connectivity index (χ0) is 12.6. The van der Waals surface area contributed by atoms with Gasteiger partial charge in [0.2, 0.25) is 0 Å². The number of allylic oxidation sites excluding steroid dienone is 1. The Bertz CT molecular complexity index is 137. The van der Waals surface area contributed by atoms with Crippen LogP contribution in [0.4, 0.5) is 0 Å². The third-order valence-electron chi connectivity index (χ3n) is 3.37. The molecule has 0 heteroatoms. The Balaban J connectivity index is 2.87. The van der Waals surface area contributed by atoms with Gasteiger partial charge in [-0.2, -0.15) is 0 Å². The van der Waals surface area contributed by atoms with Gasteiger partial charge in [0.25, 0.3) is 0 Å². The number of unbranched alkanes of at least 4 members (excludes halogenated alkanes) is 13. The second kappa shape index (κ2) is 15.7. The van der Waals surface area contributed by atoms with Crippen LogP contribution in [0.5, 0.6) is 0 Å². The van der Waals surface area contributed by atoms with Gasteiger partial charge in [0.15, 0.2) is 0 Å². The van der Waals surface area contributed by atoms with Gasteiger partial charge in [-0.3, -0.25) is 0 Å². The zero-order valence-corrected chi connectivity index (χ0v) is 11.8. The summed E-state index contributed by atoms with van der Waals surface area (Å²) in [5.41, 5.74) is 0. The lowest BCUT2D eigenvalue weighted by Crippen LogP contribution is -1.82. The first kappa shape index (κ1) is 16.7. The molecule has 0 aliphatic rings. The average molecular weight is 236 g/mol. The molecule has 100 valence electrons. The molecule has 2 radical (unpaired) electrons. The maximum atomic E-state index is 5.34. The normalized spacial score (nSPS) is 10.6. The lowest BCUT2D eigenvalue weighted by atomic mass is 10.0. The van der Waals surface area contributed by atoms with Crippen molar-refractivity contribution in [1.29, 1.82) is 0 Å². The molecule has 0 amide bonds. The Morgan fingerprint density at radius 3 is 1.29 bits per heavy atom. The fraction of sp³-hybridized carbons (Fsp3) is 0.824. The summed E-state index contributed by atoms with van der Waals surface area (Å²) in [6.45, 7) is 9.21. The highest BCUT2D eigenvalue weighted by Crippen LogP contribution is 2.12.